The van der Waals surface area contributed by atoms with E-state index in [0.717, 1.165) is 10.4 Å². The minimum absolute atomic E-state index is 0.135. The van der Waals surface area contributed by atoms with Gasteiger partial charge in [-0.3, -0.25) is 4.79 Å². The van der Waals surface area contributed by atoms with Crippen molar-refractivity contribution in [1.29, 1.82) is 0 Å². The predicted molar refractivity (Wildman–Crippen MR) is 103 cm³/mol. The van der Waals surface area contributed by atoms with Crippen LogP contribution in [0.2, 0.25) is 0 Å². The summed E-state index contributed by atoms with van der Waals surface area (Å²) in [4.78, 5) is 33.5. The SMILES string of the molecule is C[C@H](OC(=O)c1cccc[n+]1[O-])c1nc2scc(-c3cccs3)c2c(=O)[nH]1. The van der Waals surface area contributed by atoms with E-state index in [0.29, 0.717) is 14.9 Å². The minimum atomic E-state index is -0.818. The largest absolute Gasteiger partial charge is 0.618 e. The molecule has 0 amide bonds. The second-order valence-corrected chi connectivity index (χ2v) is 7.52. The Morgan fingerprint density at radius 3 is 2.89 bits per heavy atom. The van der Waals surface area contributed by atoms with Crippen LogP contribution in [0.3, 0.4) is 0 Å². The van der Waals surface area contributed by atoms with Crippen LogP contribution in [0.1, 0.15) is 29.3 Å². The molecule has 0 aliphatic rings. The van der Waals surface area contributed by atoms with E-state index in [-0.39, 0.29) is 17.1 Å². The maximum atomic E-state index is 12.6. The summed E-state index contributed by atoms with van der Waals surface area (Å²) in [5.41, 5.74) is 0.414. The molecule has 0 spiro atoms. The van der Waals surface area contributed by atoms with Gasteiger partial charge in [-0.05, 0) is 24.4 Å². The van der Waals surface area contributed by atoms with Crippen LogP contribution in [0.4, 0.5) is 0 Å². The summed E-state index contributed by atoms with van der Waals surface area (Å²) >= 11 is 2.90. The van der Waals surface area contributed by atoms with E-state index in [2.05, 4.69) is 9.97 Å². The van der Waals surface area contributed by atoms with Gasteiger partial charge in [-0.2, -0.15) is 4.73 Å². The Balaban J connectivity index is 1.65. The van der Waals surface area contributed by atoms with Crippen molar-refractivity contribution in [2.75, 3.05) is 0 Å². The van der Waals surface area contributed by atoms with Crippen molar-refractivity contribution in [3.8, 4) is 10.4 Å². The molecule has 0 saturated heterocycles. The summed E-state index contributed by atoms with van der Waals surface area (Å²) in [6.45, 7) is 1.59. The molecule has 4 rings (SSSR count). The predicted octanol–water partition coefficient (Wildman–Crippen LogP) is 3.26. The van der Waals surface area contributed by atoms with Crippen LogP contribution in [0, 0.1) is 5.21 Å². The Labute approximate surface area is 161 Å². The van der Waals surface area contributed by atoms with Gasteiger partial charge < -0.3 is 14.9 Å². The highest BCUT2D eigenvalue weighted by Crippen LogP contribution is 2.33. The molecule has 0 aliphatic heterocycles. The second-order valence-electron chi connectivity index (χ2n) is 5.72. The fraction of sp³-hybridized carbons (Fsp3) is 0.111. The highest BCUT2D eigenvalue weighted by Gasteiger charge is 2.23. The molecular formula is C18H13N3O4S2. The molecule has 1 atom stereocenters. The van der Waals surface area contributed by atoms with E-state index in [9.17, 15) is 14.8 Å². The first kappa shape index (κ1) is 17.4. The molecule has 0 fully saturated rings. The van der Waals surface area contributed by atoms with Gasteiger partial charge in [-0.1, -0.05) is 6.07 Å². The zero-order valence-electron chi connectivity index (χ0n) is 14.0. The lowest BCUT2D eigenvalue weighted by molar-refractivity contribution is -0.608. The number of ether oxygens (including phenoxy) is 1. The van der Waals surface area contributed by atoms with Gasteiger partial charge in [-0.25, -0.2) is 9.78 Å². The smallest absolute Gasteiger partial charge is 0.405 e. The number of nitrogens with zero attached hydrogens (tertiary/aromatic N) is 2. The van der Waals surface area contributed by atoms with E-state index in [1.54, 1.807) is 24.3 Å². The number of carbonyl (C=O) groups excluding carboxylic acids is 1. The Kier molecular flexibility index (Phi) is 4.46. The van der Waals surface area contributed by atoms with Crippen LogP contribution < -0.4 is 10.3 Å². The van der Waals surface area contributed by atoms with E-state index < -0.39 is 12.1 Å². The molecule has 9 heteroatoms. The molecule has 1 N–H and O–H groups in total. The number of hydrogen-bond donors (Lipinski definition) is 1. The number of esters is 1. The van der Waals surface area contributed by atoms with Crippen LogP contribution in [-0.4, -0.2) is 15.9 Å². The molecule has 4 aromatic heterocycles. The maximum Gasteiger partial charge on any atom is 0.405 e. The highest BCUT2D eigenvalue weighted by molar-refractivity contribution is 7.18. The average Bonchev–Trinajstić information content (AvgIpc) is 3.31. The van der Waals surface area contributed by atoms with E-state index in [1.807, 2.05) is 22.9 Å². The molecule has 7 nitrogen and oxygen atoms in total. The third-order valence-corrected chi connectivity index (χ3v) is 5.73. The number of aromatic amines is 1. The van der Waals surface area contributed by atoms with Crippen LogP contribution in [0.15, 0.2) is 52.1 Å². The van der Waals surface area contributed by atoms with Gasteiger partial charge >= 0.3 is 11.7 Å². The van der Waals surface area contributed by atoms with Gasteiger partial charge in [0.25, 0.3) is 5.56 Å². The molecule has 0 radical (unpaired) electrons. The number of aromatic nitrogens is 3. The van der Waals surface area contributed by atoms with Crippen molar-refractivity contribution < 1.29 is 14.3 Å². The summed E-state index contributed by atoms with van der Waals surface area (Å²) in [6.07, 6.45) is 0.396. The summed E-state index contributed by atoms with van der Waals surface area (Å²) in [5.74, 6) is -0.555. The first-order chi connectivity index (χ1) is 13.0. The minimum Gasteiger partial charge on any atom is -0.618 e. The van der Waals surface area contributed by atoms with Crippen LogP contribution in [-0.2, 0) is 4.74 Å². The number of hydrogen-bond acceptors (Lipinski definition) is 7. The fourth-order valence-electron chi connectivity index (χ4n) is 2.63. The van der Waals surface area contributed by atoms with Crippen molar-refractivity contribution in [3.63, 3.8) is 0 Å². The van der Waals surface area contributed by atoms with Crippen molar-refractivity contribution in [2.24, 2.45) is 0 Å². The lowest BCUT2D eigenvalue weighted by Gasteiger charge is -2.12. The Hall–Kier alpha value is -3.04. The summed E-state index contributed by atoms with van der Waals surface area (Å²) < 4.78 is 5.73. The van der Waals surface area contributed by atoms with Crippen molar-refractivity contribution in [2.45, 2.75) is 13.0 Å². The van der Waals surface area contributed by atoms with Gasteiger partial charge in [0.2, 0.25) is 0 Å². The first-order valence-corrected chi connectivity index (χ1v) is 9.75. The zero-order valence-corrected chi connectivity index (χ0v) is 15.7. The average molecular weight is 399 g/mol. The fourth-order valence-corrected chi connectivity index (χ4v) is 4.40. The maximum absolute atomic E-state index is 12.6. The lowest BCUT2D eigenvalue weighted by Crippen LogP contribution is -2.35. The summed E-state index contributed by atoms with van der Waals surface area (Å²) in [6, 6.07) is 8.32. The highest BCUT2D eigenvalue weighted by atomic mass is 32.1. The first-order valence-electron chi connectivity index (χ1n) is 7.99. The molecule has 4 heterocycles. The molecule has 0 aliphatic carbocycles. The normalized spacial score (nSPS) is 12.2. The Morgan fingerprint density at radius 1 is 1.30 bits per heavy atom. The van der Waals surface area contributed by atoms with Crippen molar-refractivity contribution in [1.82, 2.24) is 9.97 Å². The van der Waals surface area contributed by atoms with Crippen molar-refractivity contribution in [3.05, 3.63) is 74.4 Å². The zero-order chi connectivity index (χ0) is 19.0. The molecule has 0 bridgehead atoms. The quantitative estimate of drug-likeness (QED) is 0.323. The number of carbonyl (C=O) groups is 1. The number of nitrogens with one attached hydrogen (secondary N) is 1. The van der Waals surface area contributed by atoms with Gasteiger partial charge in [0, 0.05) is 28.0 Å². The molecule has 136 valence electrons. The third kappa shape index (κ3) is 3.22. The van der Waals surface area contributed by atoms with Gasteiger partial charge in [0.15, 0.2) is 18.1 Å². The van der Waals surface area contributed by atoms with Crippen LogP contribution in [0.5, 0.6) is 0 Å². The van der Waals surface area contributed by atoms with Gasteiger partial charge in [0.05, 0.1) is 5.39 Å². The van der Waals surface area contributed by atoms with Crippen LogP contribution >= 0.6 is 22.7 Å². The van der Waals surface area contributed by atoms with E-state index >= 15 is 0 Å². The number of thiophene rings is 2. The third-order valence-electron chi connectivity index (χ3n) is 3.95. The second kappa shape index (κ2) is 6.93. The molecule has 0 aromatic carbocycles. The number of rotatable bonds is 4. The summed E-state index contributed by atoms with van der Waals surface area (Å²) in [7, 11) is 0. The van der Waals surface area contributed by atoms with E-state index in [4.69, 9.17) is 4.74 Å². The molecule has 0 saturated carbocycles. The molecule has 4 aromatic rings. The number of pyridine rings is 1. The standard InChI is InChI=1S/C18H13N3O4S2/c1-10(25-18(23)12-5-2-3-7-21(12)24)15-19-16(22)14-11(9-27-17(14)20-15)13-6-4-8-26-13/h2-10H,1H3,(H,19,20,22)/t10-/m0/s1. The lowest BCUT2D eigenvalue weighted by atomic mass is 10.2. The topological polar surface area (TPSA) is 99.0 Å². The molecule has 0 unspecified atom stereocenters. The molecular weight excluding hydrogens is 386 g/mol. The van der Waals surface area contributed by atoms with Gasteiger partial charge in [0.1, 0.15) is 4.83 Å². The van der Waals surface area contributed by atoms with Crippen molar-refractivity contribution >= 4 is 38.9 Å². The summed E-state index contributed by atoms with van der Waals surface area (Å²) in [5, 5.41) is 16.0. The van der Waals surface area contributed by atoms with Gasteiger partial charge in [-0.15, -0.1) is 22.7 Å². The number of H-pyrrole nitrogens is 1. The Bertz CT molecular complexity index is 1180. The Morgan fingerprint density at radius 2 is 2.15 bits per heavy atom. The van der Waals surface area contributed by atoms with Crippen LogP contribution in [0.25, 0.3) is 20.7 Å². The monoisotopic (exact) mass is 399 g/mol. The molecule has 27 heavy (non-hydrogen) atoms. The number of fused-ring (bicyclic) bond motifs is 1. The van der Waals surface area contributed by atoms with E-state index in [1.165, 1.54) is 29.7 Å².